The molecule has 0 aliphatic carbocycles. The van der Waals surface area contributed by atoms with E-state index in [-0.39, 0.29) is 21.9 Å². The van der Waals surface area contributed by atoms with E-state index in [1.54, 1.807) is 24.3 Å². The molecule has 0 fully saturated rings. The molecule has 0 spiro atoms. The van der Waals surface area contributed by atoms with Crippen molar-refractivity contribution in [3.05, 3.63) is 81.8 Å². The van der Waals surface area contributed by atoms with Gasteiger partial charge in [-0.1, -0.05) is 41.4 Å². The maximum Gasteiger partial charge on any atom is 0.241 e. The monoisotopic (exact) mass is 538 g/mol. The standard InChI is InChI=1S/C24H24Cl2N2O6S/c1-24(30,17-6-4-5-7-19(17)26)18-12-15(25)8-10-20(18)28-23(29)14-27-35(31,32)16-9-11-21(33-2)22(13-16)34-3/h4-13,27,30H,14H2,1-3H3,(H,28,29). The van der Waals surface area contributed by atoms with Gasteiger partial charge in [-0.05, 0) is 43.3 Å². The summed E-state index contributed by atoms with van der Waals surface area (Å²) in [6.07, 6.45) is 0. The number of hydrogen-bond donors (Lipinski definition) is 3. The number of amides is 1. The lowest BCUT2D eigenvalue weighted by atomic mass is 9.87. The molecule has 3 aromatic carbocycles. The lowest BCUT2D eigenvalue weighted by molar-refractivity contribution is -0.115. The quantitative estimate of drug-likeness (QED) is 0.376. The van der Waals surface area contributed by atoms with Crippen LogP contribution < -0.4 is 19.5 Å². The maximum absolute atomic E-state index is 12.7. The molecule has 0 aromatic heterocycles. The van der Waals surface area contributed by atoms with Gasteiger partial charge >= 0.3 is 0 Å². The van der Waals surface area contributed by atoms with E-state index in [0.29, 0.717) is 21.4 Å². The smallest absolute Gasteiger partial charge is 0.241 e. The van der Waals surface area contributed by atoms with Gasteiger partial charge in [-0.25, -0.2) is 13.1 Å². The van der Waals surface area contributed by atoms with Crippen molar-refractivity contribution in [1.29, 1.82) is 0 Å². The Labute approximate surface area is 213 Å². The molecule has 35 heavy (non-hydrogen) atoms. The van der Waals surface area contributed by atoms with Crippen LogP contribution >= 0.6 is 23.2 Å². The molecule has 1 amide bonds. The van der Waals surface area contributed by atoms with Gasteiger partial charge in [-0.15, -0.1) is 0 Å². The zero-order valence-electron chi connectivity index (χ0n) is 19.1. The van der Waals surface area contributed by atoms with Crippen molar-refractivity contribution in [3.8, 4) is 11.5 Å². The molecule has 1 atom stereocenters. The highest BCUT2D eigenvalue weighted by Crippen LogP contribution is 2.38. The summed E-state index contributed by atoms with van der Waals surface area (Å²) in [6.45, 7) is 0.961. The van der Waals surface area contributed by atoms with Crippen LogP contribution in [0.4, 0.5) is 5.69 Å². The Morgan fingerprint density at radius 1 is 0.971 bits per heavy atom. The molecule has 186 valence electrons. The highest BCUT2D eigenvalue weighted by molar-refractivity contribution is 7.89. The largest absolute Gasteiger partial charge is 0.493 e. The van der Waals surface area contributed by atoms with Crippen LogP contribution in [0.5, 0.6) is 11.5 Å². The van der Waals surface area contributed by atoms with E-state index in [1.807, 2.05) is 0 Å². The van der Waals surface area contributed by atoms with Crippen LogP contribution in [0.15, 0.2) is 65.6 Å². The van der Waals surface area contributed by atoms with Gasteiger partial charge in [-0.2, -0.15) is 0 Å². The summed E-state index contributed by atoms with van der Waals surface area (Å²) in [5.74, 6) is -0.0648. The molecule has 0 heterocycles. The van der Waals surface area contributed by atoms with Crippen LogP contribution in [0.2, 0.25) is 10.0 Å². The molecule has 3 rings (SSSR count). The fourth-order valence-corrected chi connectivity index (χ4v) is 4.94. The first-order valence-electron chi connectivity index (χ1n) is 10.3. The minimum atomic E-state index is -4.03. The van der Waals surface area contributed by atoms with E-state index in [1.165, 1.54) is 57.5 Å². The second-order valence-electron chi connectivity index (χ2n) is 7.63. The molecule has 0 aliphatic heterocycles. The van der Waals surface area contributed by atoms with Crippen molar-refractivity contribution in [1.82, 2.24) is 4.72 Å². The number of hydrogen-bond acceptors (Lipinski definition) is 6. The summed E-state index contributed by atoms with van der Waals surface area (Å²) in [6, 6.07) is 15.4. The fourth-order valence-electron chi connectivity index (χ4n) is 3.45. The average Bonchev–Trinajstić information content (AvgIpc) is 2.83. The number of sulfonamides is 1. The predicted molar refractivity (Wildman–Crippen MR) is 135 cm³/mol. The van der Waals surface area contributed by atoms with E-state index in [4.69, 9.17) is 32.7 Å². The first-order valence-corrected chi connectivity index (χ1v) is 12.5. The third-order valence-electron chi connectivity index (χ3n) is 5.27. The molecule has 0 saturated heterocycles. The van der Waals surface area contributed by atoms with Gasteiger partial charge in [0.25, 0.3) is 0 Å². The van der Waals surface area contributed by atoms with E-state index in [0.717, 1.165) is 0 Å². The van der Waals surface area contributed by atoms with Crippen molar-refractivity contribution in [2.45, 2.75) is 17.4 Å². The summed E-state index contributed by atoms with van der Waals surface area (Å²) in [5.41, 5.74) is -0.664. The Morgan fingerprint density at radius 3 is 2.31 bits per heavy atom. The number of aliphatic hydroxyl groups is 1. The van der Waals surface area contributed by atoms with Gasteiger partial charge in [0.15, 0.2) is 11.5 Å². The molecule has 3 N–H and O–H groups in total. The Hall–Kier alpha value is -2.82. The number of rotatable bonds is 9. The number of benzene rings is 3. The van der Waals surface area contributed by atoms with Gasteiger partial charge in [0.2, 0.25) is 15.9 Å². The van der Waals surface area contributed by atoms with E-state index in [9.17, 15) is 18.3 Å². The van der Waals surface area contributed by atoms with E-state index in [2.05, 4.69) is 10.0 Å². The maximum atomic E-state index is 12.7. The summed E-state index contributed by atoms with van der Waals surface area (Å²) in [5, 5.41) is 14.6. The van der Waals surface area contributed by atoms with Crippen LogP contribution in [0, 0.1) is 0 Å². The Balaban J connectivity index is 1.81. The van der Waals surface area contributed by atoms with Crippen molar-refractivity contribution in [2.24, 2.45) is 0 Å². The van der Waals surface area contributed by atoms with Crippen LogP contribution in [0.3, 0.4) is 0 Å². The number of halogens is 2. The zero-order chi connectivity index (χ0) is 25.8. The number of anilines is 1. The summed E-state index contributed by atoms with van der Waals surface area (Å²) in [7, 11) is -1.21. The topological polar surface area (TPSA) is 114 Å². The van der Waals surface area contributed by atoms with Crippen molar-refractivity contribution < 1.29 is 27.8 Å². The number of methoxy groups -OCH3 is 2. The number of carbonyl (C=O) groups excluding carboxylic acids is 1. The van der Waals surface area contributed by atoms with Crippen LogP contribution in [-0.4, -0.2) is 40.2 Å². The predicted octanol–water partition coefficient (Wildman–Crippen LogP) is 4.18. The minimum absolute atomic E-state index is 0.100. The molecule has 0 saturated carbocycles. The summed E-state index contributed by atoms with van der Waals surface area (Å²) >= 11 is 12.4. The molecule has 0 aliphatic rings. The van der Waals surface area contributed by atoms with Crippen LogP contribution in [0.25, 0.3) is 0 Å². The molecule has 8 nitrogen and oxygen atoms in total. The van der Waals surface area contributed by atoms with E-state index < -0.39 is 28.1 Å². The van der Waals surface area contributed by atoms with Gasteiger partial charge in [0.1, 0.15) is 5.60 Å². The van der Waals surface area contributed by atoms with Gasteiger partial charge in [0, 0.05) is 32.9 Å². The molecule has 0 radical (unpaired) electrons. The molecular weight excluding hydrogens is 515 g/mol. The number of ether oxygens (including phenoxy) is 2. The fraction of sp³-hybridized carbons (Fsp3) is 0.208. The van der Waals surface area contributed by atoms with E-state index >= 15 is 0 Å². The first kappa shape index (κ1) is 26.8. The SMILES string of the molecule is COc1ccc(S(=O)(=O)NCC(=O)Nc2ccc(Cl)cc2C(C)(O)c2ccccc2Cl)cc1OC. The van der Waals surface area contributed by atoms with Crippen LogP contribution in [0.1, 0.15) is 18.1 Å². The molecule has 0 bridgehead atoms. The normalized spacial score (nSPS) is 13.1. The highest BCUT2D eigenvalue weighted by atomic mass is 35.5. The minimum Gasteiger partial charge on any atom is -0.493 e. The lowest BCUT2D eigenvalue weighted by Gasteiger charge is -2.28. The van der Waals surface area contributed by atoms with Crippen molar-refractivity contribution >= 4 is 44.8 Å². The Kier molecular flexibility index (Phi) is 8.30. The Morgan fingerprint density at radius 2 is 1.66 bits per heavy atom. The zero-order valence-corrected chi connectivity index (χ0v) is 21.5. The van der Waals surface area contributed by atoms with Gasteiger partial charge in [0.05, 0.1) is 25.7 Å². The molecule has 1 unspecified atom stereocenters. The molecule has 11 heteroatoms. The van der Waals surface area contributed by atoms with Gasteiger partial charge < -0.3 is 19.9 Å². The summed E-state index contributed by atoms with van der Waals surface area (Å²) < 4.78 is 37.9. The Bertz CT molecular complexity index is 1350. The number of carbonyl (C=O) groups is 1. The van der Waals surface area contributed by atoms with Gasteiger partial charge in [-0.3, -0.25) is 4.79 Å². The second-order valence-corrected chi connectivity index (χ2v) is 10.2. The summed E-state index contributed by atoms with van der Waals surface area (Å²) in [4.78, 5) is 12.6. The number of nitrogens with one attached hydrogen (secondary N) is 2. The van der Waals surface area contributed by atoms with Crippen molar-refractivity contribution in [2.75, 3.05) is 26.1 Å². The highest BCUT2D eigenvalue weighted by Gasteiger charge is 2.31. The average molecular weight is 539 g/mol. The third kappa shape index (κ3) is 6.06. The van der Waals surface area contributed by atoms with Crippen molar-refractivity contribution in [3.63, 3.8) is 0 Å². The van der Waals surface area contributed by atoms with Crippen LogP contribution in [-0.2, 0) is 20.4 Å². The lowest BCUT2D eigenvalue weighted by Crippen LogP contribution is -2.34. The first-order chi connectivity index (χ1) is 16.5. The molecule has 3 aromatic rings. The third-order valence-corrected chi connectivity index (χ3v) is 7.23. The molecular formula is C24H24Cl2N2O6S. The second kappa shape index (κ2) is 10.8.